The van der Waals surface area contributed by atoms with Crippen LogP contribution in [-0.4, -0.2) is 68.7 Å². The van der Waals surface area contributed by atoms with E-state index in [1.165, 1.54) is 19.2 Å². The molecule has 1 aromatic carbocycles. The van der Waals surface area contributed by atoms with Crippen molar-refractivity contribution in [2.75, 3.05) is 46.4 Å². The number of halogens is 3. The van der Waals surface area contributed by atoms with E-state index in [-0.39, 0.29) is 18.4 Å². The fourth-order valence-corrected chi connectivity index (χ4v) is 2.67. The summed E-state index contributed by atoms with van der Waals surface area (Å²) in [6.07, 6.45) is -2.58. The highest BCUT2D eigenvalue weighted by atomic mass is 19.3. The van der Waals surface area contributed by atoms with Crippen LogP contribution >= 0.6 is 0 Å². The second-order valence-electron chi connectivity index (χ2n) is 5.68. The van der Waals surface area contributed by atoms with Gasteiger partial charge < -0.3 is 15.0 Å². The molecule has 5 nitrogen and oxygen atoms in total. The van der Waals surface area contributed by atoms with Gasteiger partial charge in [-0.1, -0.05) is 12.1 Å². The van der Waals surface area contributed by atoms with Crippen LogP contribution in [0.15, 0.2) is 24.3 Å². The van der Waals surface area contributed by atoms with Gasteiger partial charge in [0.05, 0.1) is 25.8 Å². The van der Waals surface area contributed by atoms with Crippen LogP contribution in [0.2, 0.25) is 0 Å². The molecule has 1 heterocycles. The summed E-state index contributed by atoms with van der Waals surface area (Å²) in [6, 6.07) is 5.36. The molecule has 1 aliphatic heterocycles. The Labute approximate surface area is 139 Å². The number of nitrogens with zero attached hydrogens (tertiary/aromatic N) is 2. The normalized spacial score (nSPS) is 16.9. The van der Waals surface area contributed by atoms with Crippen molar-refractivity contribution >= 4 is 6.03 Å². The number of hydrogen-bond donors (Lipinski definition) is 1. The van der Waals surface area contributed by atoms with Crippen molar-refractivity contribution in [1.82, 2.24) is 15.1 Å². The van der Waals surface area contributed by atoms with Crippen LogP contribution in [0.4, 0.5) is 18.0 Å². The Bertz CT molecular complexity index is 539. The molecule has 2 rings (SSSR count). The molecule has 0 spiro atoms. The highest BCUT2D eigenvalue weighted by molar-refractivity contribution is 5.73. The molecular formula is C16H22F3N3O2. The van der Waals surface area contributed by atoms with Crippen molar-refractivity contribution in [1.29, 1.82) is 0 Å². The summed E-state index contributed by atoms with van der Waals surface area (Å²) in [5.41, 5.74) is 0.730. The first-order valence-corrected chi connectivity index (χ1v) is 7.81. The summed E-state index contributed by atoms with van der Waals surface area (Å²) in [4.78, 5) is 15.0. The van der Waals surface area contributed by atoms with Gasteiger partial charge >= 0.3 is 6.03 Å². The van der Waals surface area contributed by atoms with Gasteiger partial charge in [0.1, 0.15) is 5.82 Å². The van der Waals surface area contributed by atoms with Crippen LogP contribution in [0, 0.1) is 5.82 Å². The maximum Gasteiger partial charge on any atom is 0.317 e. The minimum Gasteiger partial charge on any atom is -0.379 e. The first kappa shape index (κ1) is 18.5. The van der Waals surface area contributed by atoms with Gasteiger partial charge in [0.25, 0.3) is 6.43 Å². The summed E-state index contributed by atoms with van der Waals surface area (Å²) in [5.74, 6) is -0.355. The van der Waals surface area contributed by atoms with Gasteiger partial charge in [0, 0.05) is 26.7 Å². The smallest absolute Gasteiger partial charge is 0.317 e. The molecule has 2 amide bonds. The van der Waals surface area contributed by atoms with Crippen molar-refractivity contribution in [2.45, 2.75) is 12.5 Å². The summed E-state index contributed by atoms with van der Waals surface area (Å²) < 4.78 is 43.6. The number of amides is 2. The van der Waals surface area contributed by atoms with E-state index >= 15 is 0 Å². The SMILES string of the molecule is CN(CC(F)F)C(=O)NC[C@H](c1cccc(F)c1)N1CCOCC1. The Balaban J connectivity index is 2.04. The molecule has 0 aromatic heterocycles. The molecule has 8 heteroatoms. The lowest BCUT2D eigenvalue weighted by Gasteiger charge is -2.35. The number of hydrogen-bond acceptors (Lipinski definition) is 3. The lowest BCUT2D eigenvalue weighted by atomic mass is 10.0. The van der Waals surface area contributed by atoms with Crippen LogP contribution in [0.25, 0.3) is 0 Å². The molecule has 1 fully saturated rings. The number of benzene rings is 1. The number of ether oxygens (including phenoxy) is 1. The molecule has 134 valence electrons. The predicted octanol–water partition coefficient (Wildman–Crippen LogP) is 2.11. The third kappa shape index (κ3) is 5.38. The van der Waals surface area contributed by atoms with E-state index in [1.54, 1.807) is 12.1 Å². The Hall–Kier alpha value is -1.80. The number of carbonyl (C=O) groups excluding carboxylic acids is 1. The molecule has 1 aliphatic rings. The average Bonchev–Trinajstić information content (AvgIpc) is 2.55. The average molecular weight is 345 g/mol. The molecule has 1 atom stereocenters. The number of nitrogens with one attached hydrogen (secondary N) is 1. The van der Waals surface area contributed by atoms with Gasteiger partial charge in [0.2, 0.25) is 0 Å². The van der Waals surface area contributed by atoms with E-state index in [9.17, 15) is 18.0 Å². The molecule has 24 heavy (non-hydrogen) atoms. The lowest BCUT2D eigenvalue weighted by Crippen LogP contribution is -2.46. The van der Waals surface area contributed by atoms with Crippen LogP contribution in [0.5, 0.6) is 0 Å². The standard InChI is InChI=1S/C16H22F3N3O2/c1-21(11-15(18)19)16(23)20-10-14(22-5-7-24-8-6-22)12-3-2-4-13(17)9-12/h2-4,9,14-15H,5-8,10-11H2,1H3,(H,20,23)/t14-/m1/s1. The Morgan fingerprint density at radius 1 is 1.38 bits per heavy atom. The minimum absolute atomic E-state index is 0.204. The highest BCUT2D eigenvalue weighted by Crippen LogP contribution is 2.22. The van der Waals surface area contributed by atoms with Crippen molar-refractivity contribution in [3.8, 4) is 0 Å². The van der Waals surface area contributed by atoms with Gasteiger partial charge in [-0.05, 0) is 17.7 Å². The first-order chi connectivity index (χ1) is 11.5. The van der Waals surface area contributed by atoms with Gasteiger partial charge in [-0.15, -0.1) is 0 Å². The second-order valence-corrected chi connectivity index (χ2v) is 5.68. The Kier molecular flexibility index (Phi) is 6.86. The van der Waals surface area contributed by atoms with Crippen molar-refractivity contribution in [2.24, 2.45) is 0 Å². The van der Waals surface area contributed by atoms with Crippen LogP contribution in [-0.2, 0) is 4.74 Å². The largest absolute Gasteiger partial charge is 0.379 e. The number of urea groups is 1. The lowest BCUT2D eigenvalue weighted by molar-refractivity contribution is 0.0163. The van der Waals surface area contributed by atoms with E-state index in [2.05, 4.69) is 10.2 Å². The van der Waals surface area contributed by atoms with Crippen molar-refractivity contribution in [3.63, 3.8) is 0 Å². The van der Waals surface area contributed by atoms with Gasteiger partial charge in [-0.2, -0.15) is 0 Å². The zero-order valence-electron chi connectivity index (χ0n) is 13.6. The topological polar surface area (TPSA) is 44.8 Å². The Morgan fingerprint density at radius 3 is 2.71 bits per heavy atom. The number of rotatable bonds is 6. The van der Waals surface area contributed by atoms with Crippen LogP contribution < -0.4 is 5.32 Å². The van der Waals surface area contributed by atoms with Gasteiger partial charge in [0.15, 0.2) is 0 Å². The van der Waals surface area contributed by atoms with E-state index in [4.69, 9.17) is 4.74 Å². The number of carbonyl (C=O) groups is 1. The highest BCUT2D eigenvalue weighted by Gasteiger charge is 2.24. The van der Waals surface area contributed by atoms with Crippen molar-refractivity contribution in [3.05, 3.63) is 35.6 Å². The molecule has 0 saturated carbocycles. The molecule has 1 saturated heterocycles. The minimum atomic E-state index is -2.58. The maximum absolute atomic E-state index is 13.5. The maximum atomic E-state index is 13.5. The molecule has 0 radical (unpaired) electrons. The zero-order chi connectivity index (χ0) is 17.5. The summed E-state index contributed by atoms with van der Waals surface area (Å²) in [7, 11) is 1.31. The van der Waals surface area contributed by atoms with E-state index in [0.717, 1.165) is 10.5 Å². The fourth-order valence-electron chi connectivity index (χ4n) is 2.67. The fraction of sp³-hybridized carbons (Fsp3) is 0.562. The second kappa shape index (κ2) is 8.89. The third-order valence-corrected chi connectivity index (χ3v) is 3.93. The molecular weight excluding hydrogens is 323 g/mol. The third-order valence-electron chi connectivity index (χ3n) is 3.93. The molecule has 0 bridgehead atoms. The summed E-state index contributed by atoms with van der Waals surface area (Å²) in [6.45, 7) is 2.01. The molecule has 0 aliphatic carbocycles. The number of morpholine rings is 1. The van der Waals surface area contributed by atoms with Crippen molar-refractivity contribution < 1.29 is 22.7 Å². The monoisotopic (exact) mass is 345 g/mol. The Morgan fingerprint density at radius 2 is 2.08 bits per heavy atom. The van der Waals surface area contributed by atoms with E-state index < -0.39 is 19.0 Å². The zero-order valence-corrected chi connectivity index (χ0v) is 13.6. The number of alkyl halides is 2. The predicted molar refractivity (Wildman–Crippen MR) is 83.6 cm³/mol. The van der Waals surface area contributed by atoms with E-state index in [1.807, 2.05) is 0 Å². The quantitative estimate of drug-likeness (QED) is 0.859. The van der Waals surface area contributed by atoms with Crippen LogP contribution in [0.1, 0.15) is 11.6 Å². The first-order valence-electron chi connectivity index (χ1n) is 7.81. The molecule has 0 unspecified atom stereocenters. The summed E-state index contributed by atoms with van der Waals surface area (Å²) in [5, 5.41) is 2.65. The molecule has 1 aromatic rings. The molecule has 1 N–H and O–H groups in total. The van der Waals surface area contributed by atoms with Crippen LogP contribution in [0.3, 0.4) is 0 Å². The van der Waals surface area contributed by atoms with Gasteiger partial charge in [-0.25, -0.2) is 18.0 Å². The van der Waals surface area contributed by atoms with Gasteiger partial charge in [-0.3, -0.25) is 4.90 Å². The van der Waals surface area contributed by atoms with E-state index in [0.29, 0.717) is 26.3 Å². The summed E-state index contributed by atoms with van der Waals surface area (Å²) >= 11 is 0.